The zero-order chi connectivity index (χ0) is 15.6. The number of aromatic carboxylic acids is 1. The molecule has 5 heteroatoms. The molecule has 2 rings (SSSR count). The Bertz CT molecular complexity index is 540. The van der Waals surface area contributed by atoms with Crippen LogP contribution in [-0.4, -0.2) is 23.5 Å². The molecule has 0 aliphatic heterocycles. The zero-order valence-corrected chi connectivity index (χ0v) is 12.9. The Balaban J connectivity index is 1.99. The predicted molar refractivity (Wildman–Crippen MR) is 78.5 cm³/mol. The summed E-state index contributed by atoms with van der Waals surface area (Å²) in [6.07, 6.45) is 3.84. The summed E-state index contributed by atoms with van der Waals surface area (Å²) in [6, 6.07) is 1.32. The van der Waals surface area contributed by atoms with Crippen molar-refractivity contribution in [1.29, 1.82) is 0 Å². The van der Waals surface area contributed by atoms with E-state index < -0.39 is 5.97 Å². The van der Waals surface area contributed by atoms with Crippen LogP contribution in [0.3, 0.4) is 0 Å². The van der Waals surface area contributed by atoms with E-state index in [-0.39, 0.29) is 22.6 Å². The monoisotopic (exact) mass is 293 g/mol. The highest BCUT2D eigenvalue weighted by molar-refractivity contribution is 5.96. The average molecular weight is 293 g/mol. The van der Waals surface area contributed by atoms with Crippen LogP contribution in [-0.2, 0) is 6.42 Å². The first-order chi connectivity index (χ1) is 9.87. The second kappa shape index (κ2) is 5.92. The molecule has 0 bridgehead atoms. The van der Waals surface area contributed by atoms with Crippen molar-refractivity contribution < 1.29 is 19.1 Å². The van der Waals surface area contributed by atoms with Crippen molar-refractivity contribution in [3.05, 3.63) is 23.2 Å². The van der Waals surface area contributed by atoms with Crippen LogP contribution in [0.25, 0.3) is 0 Å². The quantitative estimate of drug-likeness (QED) is 0.809. The standard InChI is InChI=1S/C16H23NO4/c1-4-12-11(15(19)20)7-13(21-12)14(18)17-9-16(5-6-16)8-10(2)3/h7,10H,4-6,8-9H2,1-3H3,(H,17,18)(H,19,20). The van der Waals surface area contributed by atoms with Crippen molar-refractivity contribution in [2.75, 3.05) is 6.54 Å². The third-order valence-corrected chi connectivity index (χ3v) is 4.01. The third-order valence-electron chi connectivity index (χ3n) is 4.01. The maximum absolute atomic E-state index is 12.1. The first kappa shape index (κ1) is 15.6. The lowest BCUT2D eigenvalue weighted by atomic mass is 9.94. The molecular weight excluding hydrogens is 270 g/mol. The maximum atomic E-state index is 12.1. The Morgan fingerprint density at radius 3 is 2.52 bits per heavy atom. The van der Waals surface area contributed by atoms with E-state index in [1.54, 1.807) is 6.92 Å². The number of carboxylic acids is 1. The van der Waals surface area contributed by atoms with Gasteiger partial charge in [-0.25, -0.2) is 4.79 Å². The lowest BCUT2D eigenvalue weighted by Crippen LogP contribution is -2.30. The van der Waals surface area contributed by atoms with Gasteiger partial charge in [-0.3, -0.25) is 4.79 Å². The minimum absolute atomic E-state index is 0.0750. The normalized spacial score (nSPS) is 16.0. The SMILES string of the molecule is CCc1oc(C(=O)NCC2(CC(C)C)CC2)cc1C(=O)O. The van der Waals surface area contributed by atoms with Gasteiger partial charge in [0.2, 0.25) is 0 Å². The highest BCUT2D eigenvalue weighted by Crippen LogP contribution is 2.50. The molecule has 1 aliphatic carbocycles. The minimum atomic E-state index is -1.06. The summed E-state index contributed by atoms with van der Waals surface area (Å²) in [7, 11) is 0. The van der Waals surface area contributed by atoms with Gasteiger partial charge in [-0.05, 0) is 30.6 Å². The Hall–Kier alpha value is -1.78. The number of rotatable bonds is 7. The van der Waals surface area contributed by atoms with Gasteiger partial charge >= 0.3 is 5.97 Å². The molecule has 116 valence electrons. The summed E-state index contributed by atoms with van der Waals surface area (Å²) in [5, 5.41) is 12.0. The number of carbonyl (C=O) groups excluding carboxylic acids is 1. The number of amides is 1. The van der Waals surface area contributed by atoms with Gasteiger partial charge in [0.15, 0.2) is 5.76 Å². The minimum Gasteiger partial charge on any atom is -0.478 e. The Morgan fingerprint density at radius 2 is 2.10 bits per heavy atom. The van der Waals surface area contributed by atoms with Crippen molar-refractivity contribution in [3.63, 3.8) is 0 Å². The lowest BCUT2D eigenvalue weighted by Gasteiger charge is -2.17. The average Bonchev–Trinajstić information content (AvgIpc) is 3.02. The molecule has 21 heavy (non-hydrogen) atoms. The van der Waals surface area contributed by atoms with Crippen LogP contribution in [0, 0.1) is 11.3 Å². The fraction of sp³-hybridized carbons (Fsp3) is 0.625. The van der Waals surface area contributed by atoms with Gasteiger partial charge in [-0.2, -0.15) is 0 Å². The van der Waals surface area contributed by atoms with Crippen LogP contribution in [0.5, 0.6) is 0 Å². The van der Waals surface area contributed by atoms with Crippen molar-refractivity contribution in [2.24, 2.45) is 11.3 Å². The van der Waals surface area contributed by atoms with E-state index in [1.807, 2.05) is 0 Å². The summed E-state index contributed by atoms with van der Waals surface area (Å²) in [6.45, 7) is 6.80. The zero-order valence-electron chi connectivity index (χ0n) is 12.9. The Labute approximate surface area is 124 Å². The van der Waals surface area contributed by atoms with E-state index >= 15 is 0 Å². The molecule has 1 aromatic rings. The van der Waals surface area contributed by atoms with Gasteiger partial charge in [0.1, 0.15) is 11.3 Å². The number of nitrogens with one attached hydrogen (secondary N) is 1. The van der Waals surface area contributed by atoms with Crippen molar-refractivity contribution >= 4 is 11.9 Å². The molecule has 1 heterocycles. The van der Waals surface area contributed by atoms with Gasteiger partial charge in [-0.15, -0.1) is 0 Å². The van der Waals surface area contributed by atoms with Crippen molar-refractivity contribution in [1.82, 2.24) is 5.32 Å². The fourth-order valence-corrected chi connectivity index (χ4v) is 2.84. The second-order valence-corrected chi connectivity index (χ2v) is 6.39. The molecule has 0 aromatic carbocycles. The van der Waals surface area contributed by atoms with E-state index in [4.69, 9.17) is 9.52 Å². The lowest BCUT2D eigenvalue weighted by molar-refractivity contribution is 0.0694. The number of furan rings is 1. The molecule has 0 atom stereocenters. The van der Waals surface area contributed by atoms with Crippen LogP contribution in [0.1, 0.15) is 66.7 Å². The third kappa shape index (κ3) is 3.65. The largest absolute Gasteiger partial charge is 0.478 e. The summed E-state index contributed by atoms with van der Waals surface area (Å²) >= 11 is 0. The fourth-order valence-electron chi connectivity index (χ4n) is 2.84. The first-order valence-electron chi connectivity index (χ1n) is 7.51. The molecule has 0 spiro atoms. The van der Waals surface area contributed by atoms with Crippen molar-refractivity contribution in [3.8, 4) is 0 Å². The van der Waals surface area contributed by atoms with Gasteiger partial charge < -0.3 is 14.8 Å². The molecular formula is C16H23NO4. The topological polar surface area (TPSA) is 79.5 Å². The highest BCUT2D eigenvalue weighted by atomic mass is 16.4. The summed E-state index contributed by atoms with van der Waals surface area (Å²) < 4.78 is 5.36. The Kier molecular flexibility index (Phi) is 4.40. The maximum Gasteiger partial charge on any atom is 0.339 e. The molecule has 5 nitrogen and oxygen atoms in total. The van der Waals surface area contributed by atoms with Crippen LogP contribution in [0.2, 0.25) is 0 Å². The number of hydrogen-bond donors (Lipinski definition) is 2. The first-order valence-corrected chi connectivity index (χ1v) is 7.51. The van der Waals surface area contributed by atoms with E-state index in [0.29, 0.717) is 24.6 Å². The van der Waals surface area contributed by atoms with Gasteiger partial charge in [0, 0.05) is 19.0 Å². The molecule has 1 aliphatic rings. The van der Waals surface area contributed by atoms with E-state index in [0.717, 1.165) is 19.3 Å². The van der Waals surface area contributed by atoms with Crippen LogP contribution in [0.4, 0.5) is 0 Å². The Morgan fingerprint density at radius 1 is 1.43 bits per heavy atom. The van der Waals surface area contributed by atoms with Gasteiger partial charge in [0.05, 0.1) is 0 Å². The predicted octanol–water partition coefficient (Wildman–Crippen LogP) is 3.10. The van der Waals surface area contributed by atoms with E-state index in [2.05, 4.69) is 19.2 Å². The van der Waals surface area contributed by atoms with Crippen LogP contribution >= 0.6 is 0 Å². The smallest absolute Gasteiger partial charge is 0.339 e. The summed E-state index contributed by atoms with van der Waals surface area (Å²) in [5.41, 5.74) is 0.311. The number of hydrogen-bond acceptors (Lipinski definition) is 3. The molecule has 2 N–H and O–H groups in total. The molecule has 0 unspecified atom stereocenters. The molecule has 1 amide bonds. The van der Waals surface area contributed by atoms with Gasteiger partial charge in [-0.1, -0.05) is 20.8 Å². The number of carbonyl (C=O) groups is 2. The van der Waals surface area contributed by atoms with Gasteiger partial charge in [0.25, 0.3) is 5.91 Å². The summed E-state index contributed by atoms with van der Waals surface area (Å²) in [4.78, 5) is 23.2. The van der Waals surface area contributed by atoms with Crippen LogP contribution < -0.4 is 5.32 Å². The number of carboxylic acid groups (broad SMARTS) is 1. The molecule has 1 aromatic heterocycles. The number of aryl methyl sites for hydroxylation is 1. The second-order valence-electron chi connectivity index (χ2n) is 6.39. The molecule has 0 saturated heterocycles. The van der Waals surface area contributed by atoms with Crippen molar-refractivity contribution in [2.45, 2.75) is 46.5 Å². The molecule has 1 fully saturated rings. The highest BCUT2D eigenvalue weighted by Gasteiger charge is 2.42. The molecule has 0 radical (unpaired) electrons. The van der Waals surface area contributed by atoms with E-state index in [1.165, 1.54) is 6.07 Å². The molecule has 1 saturated carbocycles. The van der Waals surface area contributed by atoms with E-state index in [9.17, 15) is 9.59 Å². The summed E-state index contributed by atoms with van der Waals surface area (Å²) in [5.74, 6) is -0.348. The van der Waals surface area contributed by atoms with Crippen LogP contribution in [0.15, 0.2) is 10.5 Å².